The number of halogens is 2. The summed E-state index contributed by atoms with van der Waals surface area (Å²) in [7, 11) is 3.14. The number of methoxy groups -OCH3 is 2. The number of carbonyl (C=O) groups is 2. The van der Waals surface area contributed by atoms with Crippen molar-refractivity contribution in [3.8, 4) is 23.0 Å². The van der Waals surface area contributed by atoms with Crippen LogP contribution in [0.2, 0.25) is 0 Å². The van der Waals surface area contributed by atoms with Gasteiger partial charge >= 0.3 is 11.9 Å². The normalized spacial score (nSPS) is 10.3. The molecule has 0 spiro atoms. The molecule has 0 saturated carbocycles. The molecule has 0 atom stereocenters. The van der Waals surface area contributed by atoms with E-state index in [0.29, 0.717) is 34.1 Å². The summed E-state index contributed by atoms with van der Waals surface area (Å²) in [6.45, 7) is 0. The Labute approximate surface area is 200 Å². The van der Waals surface area contributed by atoms with Crippen molar-refractivity contribution in [2.75, 3.05) is 14.2 Å². The third kappa shape index (κ3) is 5.42. The summed E-state index contributed by atoms with van der Waals surface area (Å²) >= 11 is 4.18. The summed E-state index contributed by atoms with van der Waals surface area (Å²) in [4.78, 5) is 24.7. The van der Waals surface area contributed by atoms with Crippen molar-refractivity contribution < 1.29 is 28.5 Å². The van der Waals surface area contributed by atoms with Crippen LogP contribution in [0.15, 0.2) is 60.7 Å². The Bertz CT molecular complexity index is 993. The summed E-state index contributed by atoms with van der Waals surface area (Å²) in [5.74, 6) is 1.06. The minimum atomic E-state index is -0.492. The molecule has 0 aliphatic rings. The summed E-state index contributed by atoms with van der Waals surface area (Å²) in [5.41, 5.74) is 0.814. The quantitative estimate of drug-likeness (QED) is 0.208. The number of hydrogen-bond acceptors (Lipinski definition) is 6. The van der Waals surface area contributed by atoms with Crippen LogP contribution in [0.4, 0.5) is 0 Å². The van der Waals surface area contributed by atoms with Crippen molar-refractivity contribution in [3.63, 3.8) is 0 Å². The van der Waals surface area contributed by atoms with E-state index < -0.39 is 11.9 Å². The second kappa shape index (κ2) is 10.1. The van der Waals surface area contributed by atoms with Crippen LogP contribution >= 0.6 is 45.2 Å². The minimum absolute atomic E-state index is 0.338. The van der Waals surface area contributed by atoms with E-state index in [0.717, 1.165) is 7.14 Å². The molecule has 3 aromatic rings. The predicted molar refractivity (Wildman–Crippen MR) is 128 cm³/mol. The maximum atomic E-state index is 12.3. The SMILES string of the molecule is COc1ccc(C(=O)Oc2ccc(OC(=O)c3ccc(OC)c(I)c3)cc2)cc1I. The van der Waals surface area contributed by atoms with Crippen LogP contribution in [-0.2, 0) is 0 Å². The van der Waals surface area contributed by atoms with Crippen LogP contribution in [0.5, 0.6) is 23.0 Å². The van der Waals surface area contributed by atoms with Gasteiger partial charge in [-0.15, -0.1) is 0 Å². The standard InChI is InChI=1S/C22H16I2O6/c1-27-19-9-3-13(11-17(19)23)21(25)29-15-5-7-16(8-6-15)30-22(26)14-4-10-20(28-2)18(24)12-14/h3-12H,1-2H3. The summed E-state index contributed by atoms with van der Waals surface area (Å²) in [6.07, 6.45) is 0. The molecular weight excluding hydrogens is 614 g/mol. The minimum Gasteiger partial charge on any atom is -0.496 e. The molecule has 0 aliphatic carbocycles. The van der Waals surface area contributed by atoms with E-state index in [9.17, 15) is 9.59 Å². The van der Waals surface area contributed by atoms with Crippen molar-refractivity contribution in [2.45, 2.75) is 0 Å². The van der Waals surface area contributed by atoms with Crippen molar-refractivity contribution in [1.82, 2.24) is 0 Å². The fourth-order valence-corrected chi connectivity index (χ4v) is 3.97. The van der Waals surface area contributed by atoms with Crippen LogP contribution < -0.4 is 18.9 Å². The number of hydrogen-bond donors (Lipinski definition) is 0. The molecule has 0 aromatic heterocycles. The van der Waals surface area contributed by atoms with E-state index in [1.165, 1.54) is 0 Å². The van der Waals surface area contributed by atoms with Gasteiger partial charge in [-0.25, -0.2) is 9.59 Å². The first-order valence-electron chi connectivity index (χ1n) is 8.62. The number of benzene rings is 3. The van der Waals surface area contributed by atoms with Crippen LogP contribution in [0.3, 0.4) is 0 Å². The molecule has 0 fully saturated rings. The highest BCUT2D eigenvalue weighted by Crippen LogP contribution is 2.25. The predicted octanol–water partition coefficient (Wildman–Crippen LogP) is 5.35. The molecule has 0 radical (unpaired) electrons. The van der Waals surface area contributed by atoms with Gasteiger partial charge in [0.25, 0.3) is 0 Å². The Hall–Kier alpha value is -2.34. The summed E-state index contributed by atoms with van der Waals surface area (Å²) in [5, 5.41) is 0. The fraction of sp³-hybridized carbons (Fsp3) is 0.0909. The monoisotopic (exact) mass is 630 g/mol. The van der Waals surface area contributed by atoms with Gasteiger partial charge < -0.3 is 18.9 Å². The maximum Gasteiger partial charge on any atom is 0.343 e. The van der Waals surface area contributed by atoms with E-state index >= 15 is 0 Å². The fourth-order valence-electron chi connectivity index (χ4n) is 2.49. The van der Waals surface area contributed by atoms with Gasteiger partial charge in [-0.05, 0) is 106 Å². The molecule has 8 heteroatoms. The van der Waals surface area contributed by atoms with Gasteiger partial charge in [0.05, 0.1) is 32.5 Å². The van der Waals surface area contributed by atoms with Crippen LogP contribution in [-0.4, -0.2) is 26.2 Å². The molecule has 6 nitrogen and oxygen atoms in total. The second-order valence-corrected chi connectivity index (χ2v) is 8.27. The first-order valence-corrected chi connectivity index (χ1v) is 10.8. The number of ether oxygens (including phenoxy) is 4. The van der Waals surface area contributed by atoms with E-state index in [2.05, 4.69) is 45.2 Å². The Balaban J connectivity index is 1.64. The largest absolute Gasteiger partial charge is 0.496 e. The molecule has 0 unspecified atom stereocenters. The van der Waals surface area contributed by atoms with Gasteiger partial charge in [0.15, 0.2) is 0 Å². The van der Waals surface area contributed by atoms with Crippen molar-refractivity contribution >= 4 is 57.1 Å². The van der Waals surface area contributed by atoms with Gasteiger partial charge in [0.2, 0.25) is 0 Å². The third-order valence-electron chi connectivity index (χ3n) is 4.02. The Morgan fingerprint density at radius 3 is 1.30 bits per heavy atom. The zero-order valence-electron chi connectivity index (χ0n) is 16.0. The molecule has 0 saturated heterocycles. The van der Waals surface area contributed by atoms with Gasteiger partial charge in [-0.2, -0.15) is 0 Å². The summed E-state index contributed by atoms with van der Waals surface area (Å²) < 4.78 is 22.7. The van der Waals surface area contributed by atoms with Crippen LogP contribution in [0.25, 0.3) is 0 Å². The van der Waals surface area contributed by atoms with Gasteiger partial charge in [-0.1, -0.05) is 0 Å². The lowest BCUT2D eigenvalue weighted by Gasteiger charge is -2.09. The molecule has 0 N–H and O–H groups in total. The highest BCUT2D eigenvalue weighted by Gasteiger charge is 2.13. The molecule has 0 heterocycles. The molecule has 0 bridgehead atoms. The summed E-state index contributed by atoms with van der Waals surface area (Å²) in [6, 6.07) is 16.3. The molecule has 3 aromatic carbocycles. The van der Waals surface area contributed by atoms with Gasteiger partial charge in [0, 0.05) is 0 Å². The molecule has 0 amide bonds. The first kappa shape index (κ1) is 22.3. The lowest BCUT2D eigenvalue weighted by Crippen LogP contribution is -2.10. The van der Waals surface area contributed by atoms with E-state index in [1.54, 1.807) is 74.9 Å². The number of carbonyl (C=O) groups excluding carboxylic acids is 2. The maximum absolute atomic E-state index is 12.3. The zero-order chi connectivity index (χ0) is 21.7. The zero-order valence-corrected chi connectivity index (χ0v) is 20.3. The Morgan fingerprint density at radius 1 is 0.633 bits per heavy atom. The highest BCUT2D eigenvalue weighted by atomic mass is 127. The van der Waals surface area contributed by atoms with E-state index in [-0.39, 0.29) is 0 Å². The molecule has 3 rings (SSSR count). The van der Waals surface area contributed by atoms with Crippen LogP contribution in [0, 0.1) is 7.14 Å². The van der Waals surface area contributed by atoms with E-state index in [1.807, 2.05) is 0 Å². The van der Waals surface area contributed by atoms with Crippen molar-refractivity contribution in [1.29, 1.82) is 0 Å². The molecule has 0 aliphatic heterocycles. The average molecular weight is 630 g/mol. The lowest BCUT2D eigenvalue weighted by atomic mass is 10.2. The van der Waals surface area contributed by atoms with E-state index in [4.69, 9.17) is 18.9 Å². The number of rotatable bonds is 6. The van der Waals surface area contributed by atoms with Gasteiger partial charge in [0.1, 0.15) is 23.0 Å². The van der Waals surface area contributed by atoms with Crippen molar-refractivity contribution in [3.05, 3.63) is 78.9 Å². The van der Waals surface area contributed by atoms with Crippen molar-refractivity contribution in [2.24, 2.45) is 0 Å². The Kier molecular flexibility index (Phi) is 7.53. The average Bonchev–Trinajstić information content (AvgIpc) is 2.74. The first-order chi connectivity index (χ1) is 14.4. The molecular formula is C22H16I2O6. The second-order valence-electron chi connectivity index (χ2n) is 5.95. The number of esters is 2. The lowest BCUT2D eigenvalue weighted by molar-refractivity contribution is 0.0719. The molecule has 30 heavy (non-hydrogen) atoms. The highest BCUT2D eigenvalue weighted by molar-refractivity contribution is 14.1. The Morgan fingerprint density at radius 2 is 1.00 bits per heavy atom. The topological polar surface area (TPSA) is 71.1 Å². The van der Waals surface area contributed by atoms with Gasteiger partial charge in [-0.3, -0.25) is 0 Å². The van der Waals surface area contributed by atoms with Crippen LogP contribution in [0.1, 0.15) is 20.7 Å². The third-order valence-corrected chi connectivity index (χ3v) is 5.71. The smallest absolute Gasteiger partial charge is 0.343 e. The molecule has 154 valence electrons.